The number of benzene rings is 2. The maximum Gasteiger partial charge on any atom is 0.0267 e. The molecule has 0 unspecified atom stereocenters. The Morgan fingerprint density at radius 2 is 1.00 bits per heavy atom. The van der Waals surface area contributed by atoms with E-state index >= 15 is 0 Å². The molecule has 2 aromatic carbocycles. The summed E-state index contributed by atoms with van der Waals surface area (Å²) in [6.07, 6.45) is 10.7. The third-order valence-corrected chi connectivity index (χ3v) is 2.53. The molecule has 0 atom stereocenters. The summed E-state index contributed by atoms with van der Waals surface area (Å²) in [7, 11) is 0. The summed E-state index contributed by atoms with van der Waals surface area (Å²) < 4.78 is 0. The van der Waals surface area contributed by atoms with Crippen LogP contribution in [0.4, 0.5) is 0 Å². The molecule has 0 N–H and O–H groups in total. The van der Waals surface area contributed by atoms with E-state index in [0.29, 0.717) is 0 Å². The third kappa shape index (κ3) is 3.59. The van der Waals surface area contributed by atoms with E-state index in [1.54, 1.807) is 0 Å². The molecule has 0 heteroatoms. The van der Waals surface area contributed by atoms with Gasteiger partial charge in [-0.1, -0.05) is 35.8 Å². The molecule has 0 saturated heterocycles. The van der Waals surface area contributed by atoms with Gasteiger partial charge < -0.3 is 0 Å². The fourth-order valence-electron chi connectivity index (χ4n) is 1.58. The van der Waals surface area contributed by atoms with Crippen molar-refractivity contribution in [1.29, 1.82) is 0 Å². The summed E-state index contributed by atoms with van der Waals surface area (Å²) in [5.41, 5.74) is 3.33. The monoisotopic (exact) mass is 250 g/mol. The van der Waals surface area contributed by atoms with Crippen molar-refractivity contribution in [2.75, 3.05) is 0 Å². The van der Waals surface area contributed by atoms with Crippen LogP contribution in [-0.4, -0.2) is 0 Å². The highest BCUT2D eigenvalue weighted by Gasteiger charge is 1.89. The number of hydrogen-bond acceptors (Lipinski definition) is 0. The van der Waals surface area contributed by atoms with Crippen LogP contribution >= 0.6 is 0 Å². The van der Waals surface area contributed by atoms with E-state index in [4.69, 9.17) is 12.8 Å². The Labute approximate surface area is 119 Å². The molecule has 0 bridgehead atoms. The molecule has 0 heterocycles. The van der Waals surface area contributed by atoms with Gasteiger partial charge in [0.15, 0.2) is 0 Å². The van der Waals surface area contributed by atoms with Crippen LogP contribution in [0.25, 0.3) is 0 Å². The Hall–Kier alpha value is -3.32. The minimum atomic E-state index is 0.812. The topological polar surface area (TPSA) is 0 Å². The average Bonchev–Trinajstić information content (AvgIpc) is 2.52. The number of hydrogen-bond donors (Lipinski definition) is 0. The largest absolute Gasteiger partial charge is 0.115 e. The molecule has 0 nitrogen and oxygen atoms in total. The van der Waals surface area contributed by atoms with Crippen molar-refractivity contribution in [1.82, 2.24) is 0 Å². The first-order chi connectivity index (χ1) is 9.81. The molecule has 2 rings (SSSR count). The lowest BCUT2D eigenvalue weighted by Crippen LogP contribution is -1.78. The summed E-state index contributed by atoms with van der Waals surface area (Å²) >= 11 is 0. The van der Waals surface area contributed by atoms with E-state index in [0.717, 1.165) is 22.3 Å². The number of rotatable bonds is 0. The normalized spacial score (nSPS) is 8.10. The summed E-state index contributed by atoms with van der Waals surface area (Å²) in [6.45, 7) is 0. The second-order valence-corrected chi connectivity index (χ2v) is 3.95. The van der Waals surface area contributed by atoms with E-state index in [1.165, 1.54) is 0 Å². The van der Waals surface area contributed by atoms with Crippen molar-refractivity contribution in [2.45, 2.75) is 0 Å². The van der Waals surface area contributed by atoms with Crippen LogP contribution in [0.3, 0.4) is 0 Å². The Bertz CT molecular complexity index is 758. The maximum absolute atomic E-state index is 5.33. The first-order valence-corrected chi connectivity index (χ1v) is 5.97. The molecule has 0 amide bonds. The quantitative estimate of drug-likeness (QED) is 0.630. The molecular formula is C20H10. The van der Waals surface area contributed by atoms with Gasteiger partial charge in [-0.2, -0.15) is 0 Å². The molecular weight excluding hydrogens is 240 g/mol. The lowest BCUT2D eigenvalue weighted by atomic mass is 10.1. The lowest BCUT2D eigenvalue weighted by Gasteiger charge is -1.91. The third-order valence-electron chi connectivity index (χ3n) is 2.53. The first kappa shape index (κ1) is 13.1. The molecule has 0 aliphatic heterocycles. The molecule has 0 aromatic heterocycles. The van der Waals surface area contributed by atoms with Crippen molar-refractivity contribution in [3.63, 3.8) is 0 Å². The van der Waals surface area contributed by atoms with Crippen LogP contribution in [0.15, 0.2) is 48.5 Å². The van der Waals surface area contributed by atoms with Gasteiger partial charge in [0.1, 0.15) is 0 Å². The van der Waals surface area contributed by atoms with Gasteiger partial charge >= 0.3 is 0 Å². The highest BCUT2D eigenvalue weighted by Crippen LogP contribution is 2.03. The molecule has 20 heavy (non-hydrogen) atoms. The van der Waals surface area contributed by atoms with Crippen LogP contribution in [0.5, 0.6) is 0 Å². The minimum absolute atomic E-state index is 0.812. The van der Waals surface area contributed by atoms with Crippen molar-refractivity contribution in [3.8, 4) is 48.4 Å². The average molecular weight is 250 g/mol. The predicted molar refractivity (Wildman–Crippen MR) is 82.5 cm³/mol. The highest BCUT2D eigenvalue weighted by atomic mass is 13.9. The zero-order chi connectivity index (χ0) is 14.2. The molecule has 0 radical (unpaired) electrons. The van der Waals surface area contributed by atoms with Gasteiger partial charge in [-0.25, -0.2) is 0 Å². The molecule has 0 fully saturated rings. The molecule has 0 spiro atoms. The SMILES string of the molecule is C#Cc1cccc(C#CC#Cc2cccc(C#C)c2)c1. The lowest BCUT2D eigenvalue weighted by molar-refractivity contribution is 1.60. The number of terminal acetylenes is 2. The van der Waals surface area contributed by atoms with E-state index in [9.17, 15) is 0 Å². The smallest absolute Gasteiger partial charge is 0.0267 e. The summed E-state index contributed by atoms with van der Waals surface area (Å²) in [6, 6.07) is 15.0. The molecule has 0 saturated carbocycles. The molecule has 2 aromatic rings. The summed E-state index contributed by atoms with van der Waals surface area (Å²) in [5, 5.41) is 0. The van der Waals surface area contributed by atoms with Gasteiger partial charge in [0, 0.05) is 22.3 Å². The fourth-order valence-corrected chi connectivity index (χ4v) is 1.58. The van der Waals surface area contributed by atoms with Gasteiger partial charge in [0.05, 0.1) is 0 Å². The summed E-state index contributed by atoms with van der Waals surface area (Å²) in [4.78, 5) is 0. The highest BCUT2D eigenvalue weighted by molar-refractivity contribution is 5.48. The van der Waals surface area contributed by atoms with Crippen molar-refractivity contribution < 1.29 is 0 Å². The van der Waals surface area contributed by atoms with Crippen LogP contribution in [-0.2, 0) is 0 Å². The van der Waals surface area contributed by atoms with Gasteiger partial charge in [-0.15, -0.1) is 12.8 Å². The van der Waals surface area contributed by atoms with E-state index in [1.807, 2.05) is 48.5 Å². The fraction of sp³-hybridized carbons (Fsp3) is 0. The Morgan fingerprint density at radius 1 is 0.600 bits per heavy atom. The van der Waals surface area contributed by atoms with Gasteiger partial charge in [0.25, 0.3) is 0 Å². The second kappa shape index (κ2) is 6.57. The Balaban J connectivity index is 2.18. The van der Waals surface area contributed by atoms with E-state index < -0.39 is 0 Å². The zero-order valence-electron chi connectivity index (χ0n) is 10.8. The second-order valence-electron chi connectivity index (χ2n) is 3.95. The van der Waals surface area contributed by atoms with Crippen molar-refractivity contribution in [3.05, 3.63) is 70.8 Å². The van der Waals surface area contributed by atoms with Crippen LogP contribution in [0.1, 0.15) is 22.3 Å². The van der Waals surface area contributed by atoms with Crippen LogP contribution < -0.4 is 0 Å². The molecule has 0 aliphatic rings. The van der Waals surface area contributed by atoms with Crippen molar-refractivity contribution in [2.24, 2.45) is 0 Å². The predicted octanol–water partition coefficient (Wildman–Crippen LogP) is 3.05. The van der Waals surface area contributed by atoms with Crippen molar-refractivity contribution >= 4 is 0 Å². The Morgan fingerprint density at radius 3 is 1.40 bits per heavy atom. The zero-order valence-corrected chi connectivity index (χ0v) is 10.8. The van der Waals surface area contributed by atoms with E-state index in [2.05, 4.69) is 35.5 Å². The van der Waals surface area contributed by atoms with Gasteiger partial charge in [0.2, 0.25) is 0 Å². The standard InChI is InChI=1S/C20H10/c1-3-17-11-7-13-19(15-17)9-5-6-10-20-14-8-12-18(4-2)16-20/h1-2,7-8,11-16H. The van der Waals surface area contributed by atoms with Gasteiger partial charge in [-0.3, -0.25) is 0 Å². The molecule has 0 aliphatic carbocycles. The minimum Gasteiger partial charge on any atom is -0.115 e. The van der Waals surface area contributed by atoms with E-state index in [-0.39, 0.29) is 0 Å². The Kier molecular flexibility index (Phi) is 4.31. The first-order valence-electron chi connectivity index (χ1n) is 5.97. The summed E-state index contributed by atoms with van der Waals surface area (Å²) in [5.74, 6) is 16.7. The molecule has 90 valence electrons. The van der Waals surface area contributed by atoms with Crippen LogP contribution in [0, 0.1) is 48.4 Å². The van der Waals surface area contributed by atoms with Crippen LogP contribution in [0.2, 0.25) is 0 Å². The van der Waals surface area contributed by atoms with Gasteiger partial charge in [-0.05, 0) is 48.2 Å². The maximum atomic E-state index is 5.33.